The summed E-state index contributed by atoms with van der Waals surface area (Å²) in [6, 6.07) is 12.2. The topological polar surface area (TPSA) is 64.7 Å². The third kappa shape index (κ3) is 4.95. The van der Waals surface area contributed by atoms with Crippen molar-refractivity contribution in [2.24, 2.45) is 0 Å². The summed E-state index contributed by atoms with van der Waals surface area (Å²) in [7, 11) is 6.06. The van der Waals surface area contributed by atoms with E-state index in [9.17, 15) is 9.59 Å². The molecule has 1 aliphatic heterocycles. The van der Waals surface area contributed by atoms with Crippen molar-refractivity contribution in [1.29, 1.82) is 0 Å². The number of anilines is 2. The van der Waals surface area contributed by atoms with Crippen LogP contribution in [0.3, 0.4) is 0 Å². The first-order valence-electron chi connectivity index (χ1n) is 9.92. The third-order valence-electron chi connectivity index (χ3n) is 5.38. The van der Waals surface area contributed by atoms with Gasteiger partial charge < -0.3 is 20.4 Å². The van der Waals surface area contributed by atoms with Crippen molar-refractivity contribution in [3.05, 3.63) is 58.7 Å². The average molecular weight is 395 g/mol. The Hall–Kier alpha value is -2.86. The normalized spacial score (nSPS) is 13.9. The lowest BCUT2D eigenvalue weighted by molar-refractivity contribution is -0.136. The van der Waals surface area contributed by atoms with Gasteiger partial charge in [0.25, 0.3) is 0 Å². The number of rotatable bonds is 5. The Morgan fingerprint density at radius 1 is 1.07 bits per heavy atom. The van der Waals surface area contributed by atoms with E-state index in [1.807, 2.05) is 46.1 Å². The number of nitrogens with one attached hydrogen (secondary N) is 2. The molecule has 0 fully saturated rings. The van der Waals surface area contributed by atoms with Crippen molar-refractivity contribution in [3.8, 4) is 0 Å². The highest BCUT2D eigenvalue weighted by Gasteiger charge is 2.22. The predicted octanol–water partition coefficient (Wildman–Crippen LogP) is 2.65. The van der Waals surface area contributed by atoms with Crippen molar-refractivity contribution in [1.82, 2.24) is 10.2 Å². The molecule has 0 saturated carbocycles. The fraction of sp³-hybridized carbons (Fsp3) is 0.391. The highest BCUT2D eigenvalue weighted by molar-refractivity contribution is 6.39. The van der Waals surface area contributed by atoms with Gasteiger partial charge in [-0.3, -0.25) is 9.59 Å². The number of fused-ring (bicyclic) bond motifs is 1. The van der Waals surface area contributed by atoms with Crippen LogP contribution in [0, 0.1) is 13.8 Å². The van der Waals surface area contributed by atoms with Crippen LogP contribution >= 0.6 is 0 Å². The monoisotopic (exact) mass is 394 g/mol. The van der Waals surface area contributed by atoms with Crippen LogP contribution in [0.5, 0.6) is 0 Å². The summed E-state index contributed by atoms with van der Waals surface area (Å²) in [4.78, 5) is 29.0. The molecule has 6 nitrogen and oxygen atoms in total. The van der Waals surface area contributed by atoms with Crippen LogP contribution in [-0.4, -0.2) is 50.9 Å². The number of carbonyl (C=O) groups excluding carboxylic acids is 2. The van der Waals surface area contributed by atoms with E-state index < -0.39 is 11.8 Å². The van der Waals surface area contributed by atoms with Crippen LogP contribution < -0.4 is 15.5 Å². The maximum absolute atomic E-state index is 12.4. The van der Waals surface area contributed by atoms with Gasteiger partial charge in [-0.15, -0.1) is 0 Å². The molecule has 0 aliphatic carbocycles. The zero-order valence-corrected chi connectivity index (χ0v) is 17.9. The molecule has 0 unspecified atom stereocenters. The van der Waals surface area contributed by atoms with Crippen LogP contribution in [-0.2, 0) is 16.0 Å². The van der Waals surface area contributed by atoms with Crippen LogP contribution in [0.25, 0.3) is 0 Å². The van der Waals surface area contributed by atoms with Crippen LogP contribution in [0.15, 0.2) is 36.4 Å². The maximum atomic E-state index is 12.4. The molecule has 0 spiro atoms. The van der Waals surface area contributed by atoms with Gasteiger partial charge in [0.15, 0.2) is 0 Å². The molecule has 1 atom stereocenters. The summed E-state index contributed by atoms with van der Waals surface area (Å²) >= 11 is 0. The Kier molecular flexibility index (Phi) is 6.23. The van der Waals surface area contributed by atoms with Gasteiger partial charge >= 0.3 is 11.8 Å². The highest BCUT2D eigenvalue weighted by atomic mass is 16.2. The first kappa shape index (κ1) is 20.9. The van der Waals surface area contributed by atoms with Gasteiger partial charge in [0.1, 0.15) is 0 Å². The zero-order valence-electron chi connectivity index (χ0n) is 17.9. The van der Waals surface area contributed by atoms with Gasteiger partial charge in [0, 0.05) is 31.5 Å². The first-order valence-corrected chi connectivity index (χ1v) is 9.92. The second kappa shape index (κ2) is 8.66. The molecule has 0 bridgehead atoms. The second-order valence-corrected chi connectivity index (χ2v) is 8.08. The van der Waals surface area contributed by atoms with Crippen LogP contribution in [0.1, 0.15) is 28.3 Å². The predicted molar refractivity (Wildman–Crippen MR) is 117 cm³/mol. The quantitative estimate of drug-likeness (QED) is 0.766. The first-order chi connectivity index (χ1) is 13.7. The van der Waals surface area contributed by atoms with E-state index in [1.54, 1.807) is 0 Å². The molecular formula is C23H30N4O2. The van der Waals surface area contributed by atoms with E-state index in [-0.39, 0.29) is 6.04 Å². The molecule has 3 rings (SSSR count). The van der Waals surface area contributed by atoms with Gasteiger partial charge in [-0.1, -0.05) is 18.2 Å². The summed E-state index contributed by atoms with van der Waals surface area (Å²) in [6.45, 7) is 5.30. The summed E-state index contributed by atoms with van der Waals surface area (Å²) in [5.74, 6) is -1.28. The fourth-order valence-electron chi connectivity index (χ4n) is 3.90. The number of aryl methyl sites for hydroxylation is 2. The molecule has 0 radical (unpaired) electrons. The Labute approximate surface area is 172 Å². The minimum absolute atomic E-state index is 0.0100. The van der Waals surface area contributed by atoms with E-state index in [0.29, 0.717) is 12.2 Å². The Bertz CT molecular complexity index is 903. The molecule has 6 heteroatoms. The van der Waals surface area contributed by atoms with Crippen molar-refractivity contribution < 1.29 is 9.59 Å². The van der Waals surface area contributed by atoms with Crippen molar-refractivity contribution in [3.63, 3.8) is 0 Å². The van der Waals surface area contributed by atoms with Crippen molar-refractivity contribution in [2.45, 2.75) is 26.3 Å². The number of benzene rings is 2. The van der Waals surface area contributed by atoms with E-state index in [2.05, 4.69) is 45.7 Å². The zero-order chi connectivity index (χ0) is 21.1. The van der Waals surface area contributed by atoms with E-state index in [4.69, 9.17) is 0 Å². The number of nitrogens with zero attached hydrogens (tertiary/aromatic N) is 2. The molecule has 2 aromatic rings. The number of hydrogen-bond donors (Lipinski definition) is 2. The lowest BCUT2D eigenvalue weighted by Gasteiger charge is -2.26. The summed E-state index contributed by atoms with van der Waals surface area (Å²) < 4.78 is 0. The molecule has 0 aromatic heterocycles. The van der Waals surface area contributed by atoms with Crippen molar-refractivity contribution >= 4 is 23.2 Å². The number of amides is 2. The smallest absolute Gasteiger partial charge is 0.313 e. The molecule has 2 N–H and O–H groups in total. The summed E-state index contributed by atoms with van der Waals surface area (Å²) in [6.07, 6.45) is 1.03. The van der Waals surface area contributed by atoms with Crippen LogP contribution in [0.4, 0.5) is 11.4 Å². The van der Waals surface area contributed by atoms with Gasteiger partial charge in [-0.2, -0.15) is 0 Å². The van der Waals surface area contributed by atoms with Crippen molar-refractivity contribution in [2.75, 3.05) is 44.4 Å². The minimum atomic E-state index is -0.650. The maximum Gasteiger partial charge on any atom is 0.313 e. The molecule has 1 aliphatic rings. The van der Waals surface area contributed by atoms with Gasteiger partial charge in [0.2, 0.25) is 0 Å². The minimum Gasteiger partial charge on any atom is -0.374 e. The van der Waals surface area contributed by atoms with Gasteiger partial charge in [0.05, 0.1) is 6.04 Å². The fourth-order valence-corrected chi connectivity index (χ4v) is 3.90. The molecule has 154 valence electrons. The Balaban J connectivity index is 1.64. The molecule has 0 saturated heterocycles. The average Bonchev–Trinajstić information content (AvgIpc) is 3.01. The van der Waals surface area contributed by atoms with Gasteiger partial charge in [-0.05, 0) is 74.8 Å². The lowest BCUT2D eigenvalue weighted by atomic mass is 10.0. The number of carbonyl (C=O) groups is 2. The van der Waals surface area contributed by atoms with E-state index >= 15 is 0 Å². The van der Waals surface area contributed by atoms with E-state index in [1.165, 1.54) is 11.3 Å². The largest absolute Gasteiger partial charge is 0.374 e. The van der Waals surface area contributed by atoms with Crippen LogP contribution in [0.2, 0.25) is 0 Å². The van der Waals surface area contributed by atoms with Gasteiger partial charge in [-0.25, -0.2) is 0 Å². The second-order valence-electron chi connectivity index (χ2n) is 8.08. The Morgan fingerprint density at radius 2 is 1.76 bits per heavy atom. The highest BCUT2D eigenvalue weighted by Crippen LogP contribution is 2.30. The third-order valence-corrected chi connectivity index (χ3v) is 5.38. The molecule has 2 aromatic carbocycles. The molecule has 1 heterocycles. The lowest BCUT2D eigenvalue weighted by Crippen LogP contribution is -2.40. The number of likely N-dealkylation sites (N-methyl/N-ethyl adjacent to an activating group) is 2. The Morgan fingerprint density at radius 3 is 2.41 bits per heavy atom. The molecule has 2 amide bonds. The van der Waals surface area contributed by atoms with E-state index in [0.717, 1.165) is 29.7 Å². The summed E-state index contributed by atoms with van der Waals surface area (Å²) in [5.41, 5.74) is 6.44. The standard InChI is InChI=1S/C23H30N4O2/c1-15-10-16(2)12-19(11-15)25-23(29)22(28)24-14-21(26(3)4)17-6-7-20-18(13-17)8-9-27(20)5/h6-7,10-13,21H,8-9,14H2,1-5H3,(H,24,28)(H,25,29)/t21-/m0/s1. The molecule has 29 heavy (non-hydrogen) atoms. The molecular weight excluding hydrogens is 364 g/mol. The summed E-state index contributed by atoms with van der Waals surface area (Å²) in [5, 5.41) is 5.47. The SMILES string of the molecule is Cc1cc(C)cc(NC(=O)C(=O)NC[C@@H](c2ccc3c(c2)CCN3C)N(C)C)c1. The number of hydrogen-bond acceptors (Lipinski definition) is 4.